The summed E-state index contributed by atoms with van der Waals surface area (Å²) in [6, 6.07) is 4.21. The molecular weight excluding hydrogens is 308 g/mol. The maximum atomic E-state index is 12.7. The Morgan fingerprint density at radius 1 is 1.48 bits per heavy atom. The predicted octanol–water partition coefficient (Wildman–Crippen LogP) is 3.92. The Bertz CT molecular complexity index is 764. The van der Waals surface area contributed by atoms with Gasteiger partial charge in [-0.1, -0.05) is 13.8 Å². The van der Waals surface area contributed by atoms with Gasteiger partial charge in [0.15, 0.2) is 0 Å². The fraction of sp³-hybridized carbons (Fsp3) is 0.471. The van der Waals surface area contributed by atoms with E-state index in [-0.39, 0.29) is 11.9 Å². The second-order valence-electron chi connectivity index (χ2n) is 5.76. The molecule has 6 heteroatoms. The lowest BCUT2D eigenvalue weighted by atomic mass is 10.1. The Labute approximate surface area is 139 Å². The van der Waals surface area contributed by atoms with Crippen molar-refractivity contribution in [2.24, 2.45) is 0 Å². The summed E-state index contributed by atoms with van der Waals surface area (Å²) in [5, 5.41) is 17.3. The zero-order valence-corrected chi connectivity index (χ0v) is 14.2. The van der Waals surface area contributed by atoms with Gasteiger partial charge >= 0.3 is 0 Å². The number of nitriles is 1. The van der Waals surface area contributed by atoms with Crippen LogP contribution in [0.15, 0.2) is 12.3 Å². The molecule has 3 rings (SSSR count). The van der Waals surface area contributed by atoms with E-state index in [0.29, 0.717) is 16.3 Å². The molecule has 0 saturated carbocycles. The topological polar surface area (TPSA) is 70.7 Å². The van der Waals surface area contributed by atoms with Crippen LogP contribution in [0.4, 0.5) is 5.00 Å². The number of hydrogen-bond donors (Lipinski definition) is 1. The minimum Gasteiger partial charge on any atom is -0.311 e. The summed E-state index contributed by atoms with van der Waals surface area (Å²) >= 11 is 1.54. The maximum absolute atomic E-state index is 12.7. The number of anilines is 1. The summed E-state index contributed by atoms with van der Waals surface area (Å²) in [5.41, 5.74) is 2.32. The first-order valence-electron chi connectivity index (χ1n) is 8.09. The molecule has 2 aromatic rings. The molecule has 0 aromatic carbocycles. The number of aromatic nitrogens is 2. The van der Waals surface area contributed by atoms with Crippen molar-refractivity contribution in [2.45, 2.75) is 52.0 Å². The van der Waals surface area contributed by atoms with Crippen LogP contribution in [-0.4, -0.2) is 15.7 Å². The van der Waals surface area contributed by atoms with Gasteiger partial charge in [0.1, 0.15) is 16.8 Å². The van der Waals surface area contributed by atoms with Crippen LogP contribution in [0.25, 0.3) is 0 Å². The van der Waals surface area contributed by atoms with Crippen LogP contribution in [0.5, 0.6) is 0 Å². The Morgan fingerprint density at radius 2 is 2.26 bits per heavy atom. The molecular formula is C17H20N4OS. The normalized spacial score (nSPS) is 13.1. The Kier molecular flexibility index (Phi) is 4.49. The number of nitrogens with zero attached hydrogens (tertiary/aromatic N) is 3. The average Bonchev–Trinajstić information content (AvgIpc) is 3.23. The number of fused-ring (bicyclic) bond motifs is 1. The Hall–Kier alpha value is -2.13. The smallest absolute Gasteiger partial charge is 0.274 e. The van der Waals surface area contributed by atoms with Gasteiger partial charge in [0.2, 0.25) is 0 Å². The number of aryl methyl sites for hydroxylation is 1. The molecule has 5 nitrogen and oxygen atoms in total. The molecule has 1 amide bonds. The summed E-state index contributed by atoms with van der Waals surface area (Å²) in [6.07, 6.45) is 6.56. The molecule has 2 aromatic heterocycles. The van der Waals surface area contributed by atoms with Crippen LogP contribution in [-0.2, 0) is 12.8 Å². The van der Waals surface area contributed by atoms with E-state index in [0.717, 1.165) is 37.7 Å². The minimum atomic E-state index is -0.189. The monoisotopic (exact) mass is 328 g/mol. The first-order chi connectivity index (χ1) is 11.2. The van der Waals surface area contributed by atoms with Crippen molar-refractivity contribution in [1.29, 1.82) is 5.26 Å². The van der Waals surface area contributed by atoms with Crippen LogP contribution in [0, 0.1) is 11.3 Å². The van der Waals surface area contributed by atoms with Crippen LogP contribution in [0.1, 0.15) is 65.6 Å². The number of amides is 1. The first-order valence-corrected chi connectivity index (χ1v) is 8.90. The zero-order chi connectivity index (χ0) is 16.4. The number of thiophene rings is 1. The van der Waals surface area contributed by atoms with E-state index in [1.54, 1.807) is 28.3 Å². The highest BCUT2D eigenvalue weighted by molar-refractivity contribution is 7.16. The van der Waals surface area contributed by atoms with Gasteiger partial charge < -0.3 is 5.32 Å². The fourth-order valence-corrected chi connectivity index (χ4v) is 4.43. The second kappa shape index (κ2) is 6.55. The highest BCUT2D eigenvalue weighted by Crippen LogP contribution is 2.38. The SMILES string of the molecule is CCC(CC)n1nccc1C(=O)Nc1sc2c(c1C#N)CCC2. The third-order valence-corrected chi connectivity index (χ3v) is 5.66. The average molecular weight is 328 g/mol. The van der Waals surface area contributed by atoms with Gasteiger partial charge in [0.25, 0.3) is 5.91 Å². The van der Waals surface area contributed by atoms with Gasteiger partial charge in [-0.3, -0.25) is 9.48 Å². The molecule has 0 saturated heterocycles. The van der Waals surface area contributed by atoms with Gasteiger partial charge in [-0.05, 0) is 43.7 Å². The molecule has 120 valence electrons. The Balaban J connectivity index is 1.87. The molecule has 1 aliphatic carbocycles. The van der Waals surface area contributed by atoms with E-state index < -0.39 is 0 Å². The van der Waals surface area contributed by atoms with Crippen molar-refractivity contribution in [1.82, 2.24) is 9.78 Å². The lowest BCUT2D eigenvalue weighted by Gasteiger charge is -2.16. The van der Waals surface area contributed by atoms with Crippen LogP contribution in [0.3, 0.4) is 0 Å². The standard InChI is InChI=1S/C17H20N4OS/c1-3-11(4-2)21-14(8-9-19-21)16(22)20-17-13(10-18)12-6-5-7-15(12)23-17/h8-9,11H,3-7H2,1-2H3,(H,20,22). The zero-order valence-electron chi connectivity index (χ0n) is 13.4. The molecule has 2 heterocycles. The largest absolute Gasteiger partial charge is 0.311 e. The van der Waals surface area contributed by atoms with E-state index in [4.69, 9.17) is 0 Å². The van der Waals surface area contributed by atoms with Gasteiger partial charge in [-0.15, -0.1) is 11.3 Å². The first kappa shape index (κ1) is 15.8. The summed E-state index contributed by atoms with van der Waals surface area (Å²) < 4.78 is 1.79. The molecule has 23 heavy (non-hydrogen) atoms. The fourth-order valence-electron chi connectivity index (χ4n) is 3.20. The minimum absolute atomic E-state index is 0.189. The van der Waals surface area contributed by atoms with E-state index in [1.807, 2.05) is 0 Å². The van der Waals surface area contributed by atoms with Crippen molar-refractivity contribution < 1.29 is 4.79 Å². The molecule has 0 bridgehead atoms. The van der Waals surface area contributed by atoms with Crippen molar-refractivity contribution >= 4 is 22.2 Å². The van der Waals surface area contributed by atoms with E-state index in [2.05, 4.69) is 30.3 Å². The van der Waals surface area contributed by atoms with Crippen molar-refractivity contribution in [3.8, 4) is 6.07 Å². The second-order valence-corrected chi connectivity index (χ2v) is 6.86. The molecule has 1 aliphatic rings. The van der Waals surface area contributed by atoms with Gasteiger partial charge in [0, 0.05) is 11.1 Å². The summed E-state index contributed by atoms with van der Waals surface area (Å²) in [5.74, 6) is -0.189. The molecule has 0 atom stereocenters. The van der Waals surface area contributed by atoms with E-state index in [9.17, 15) is 10.1 Å². The van der Waals surface area contributed by atoms with Crippen LogP contribution < -0.4 is 5.32 Å². The van der Waals surface area contributed by atoms with Crippen molar-refractivity contribution in [3.05, 3.63) is 34.0 Å². The predicted molar refractivity (Wildman–Crippen MR) is 90.9 cm³/mol. The summed E-state index contributed by atoms with van der Waals surface area (Å²) in [4.78, 5) is 13.9. The number of carbonyl (C=O) groups is 1. The van der Waals surface area contributed by atoms with E-state index in [1.165, 1.54) is 4.88 Å². The van der Waals surface area contributed by atoms with Gasteiger partial charge in [-0.2, -0.15) is 10.4 Å². The van der Waals surface area contributed by atoms with Crippen LogP contribution >= 0.6 is 11.3 Å². The van der Waals surface area contributed by atoms with Crippen molar-refractivity contribution in [3.63, 3.8) is 0 Å². The lowest BCUT2D eigenvalue weighted by Crippen LogP contribution is -2.20. The number of hydrogen-bond acceptors (Lipinski definition) is 4. The van der Waals surface area contributed by atoms with Crippen LogP contribution in [0.2, 0.25) is 0 Å². The molecule has 0 spiro atoms. The van der Waals surface area contributed by atoms with E-state index >= 15 is 0 Å². The highest BCUT2D eigenvalue weighted by atomic mass is 32.1. The van der Waals surface area contributed by atoms with Gasteiger partial charge in [-0.25, -0.2) is 0 Å². The molecule has 0 aliphatic heterocycles. The summed E-state index contributed by atoms with van der Waals surface area (Å²) in [6.45, 7) is 4.18. The molecule has 0 fully saturated rings. The molecule has 0 unspecified atom stereocenters. The third-order valence-electron chi connectivity index (χ3n) is 4.45. The van der Waals surface area contributed by atoms with Gasteiger partial charge in [0.05, 0.1) is 11.6 Å². The molecule has 0 radical (unpaired) electrons. The highest BCUT2D eigenvalue weighted by Gasteiger charge is 2.24. The quantitative estimate of drug-likeness (QED) is 0.904. The Morgan fingerprint density at radius 3 is 2.96 bits per heavy atom. The molecule has 1 N–H and O–H groups in total. The number of rotatable bonds is 5. The van der Waals surface area contributed by atoms with Crippen molar-refractivity contribution in [2.75, 3.05) is 5.32 Å². The number of nitrogens with one attached hydrogen (secondary N) is 1. The maximum Gasteiger partial charge on any atom is 0.274 e. The summed E-state index contributed by atoms with van der Waals surface area (Å²) in [7, 11) is 0. The lowest BCUT2D eigenvalue weighted by molar-refractivity contribution is 0.101. The third kappa shape index (κ3) is 2.77. The number of carbonyl (C=O) groups excluding carboxylic acids is 1.